The van der Waals surface area contributed by atoms with Gasteiger partial charge in [0.05, 0.1) is 28.2 Å². The molecular formula is C18H23N3O2S. The van der Waals surface area contributed by atoms with Crippen molar-refractivity contribution in [3.8, 4) is 10.4 Å². The van der Waals surface area contributed by atoms with Crippen molar-refractivity contribution in [3.05, 3.63) is 41.0 Å². The van der Waals surface area contributed by atoms with Crippen LogP contribution in [0.3, 0.4) is 0 Å². The Morgan fingerprint density at radius 3 is 2.79 bits per heavy atom. The molecule has 3 N–H and O–H groups in total. The van der Waals surface area contributed by atoms with E-state index in [1.54, 1.807) is 11.3 Å². The van der Waals surface area contributed by atoms with Crippen molar-refractivity contribution >= 4 is 17.2 Å². The molecule has 1 aliphatic rings. The van der Waals surface area contributed by atoms with Crippen LogP contribution < -0.4 is 10.6 Å². The predicted octanol–water partition coefficient (Wildman–Crippen LogP) is 2.06. The number of aliphatic hydroxyl groups is 1. The molecule has 3 atom stereocenters. The number of carbonyl (C=O) groups excluding carboxylic acids is 1. The minimum atomic E-state index is -0.416. The summed E-state index contributed by atoms with van der Waals surface area (Å²) in [4.78, 5) is 17.6. The summed E-state index contributed by atoms with van der Waals surface area (Å²) in [7, 11) is 0. The maximum absolute atomic E-state index is 12.1. The van der Waals surface area contributed by atoms with Crippen molar-refractivity contribution in [1.82, 2.24) is 15.6 Å². The summed E-state index contributed by atoms with van der Waals surface area (Å²) >= 11 is 1.65. The third-order valence-electron chi connectivity index (χ3n) is 4.49. The van der Waals surface area contributed by atoms with Crippen LogP contribution in [-0.2, 0) is 4.79 Å². The third kappa shape index (κ3) is 3.83. The van der Waals surface area contributed by atoms with Crippen LogP contribution in [0.2, 0.25) is 0 Å². The first-order valence-corrected chi connectivity index (χ1v) is 9.12. The smallest absolute Gasteiger partial charge is 0.237 e. The number of hydrogen-bond acceptors (Lipinski definition) is 5. The van der Waals surface area contributed by atoms with Crippen LogP contribution in [0.25, 0.3) is 10.4 Å². The summed E-state index contributed by atoms with van der Waals surface area (Å²) in [6.45, 7) is 5.20. The Hall–Kier alpha value is -1.76. The Labute approximate surface area is 146 Å². The first-order chi connectivity index (χ1) is 11.5. The number of thiazole rings is 1. The van der Waals surface area contributed by atoms with E-state index in [1.807, 2.05) is 12.4 Å². The summed E-state index contributed by atoms with van der Waals surface area (Å²) in [5.74, 6) is 0.201. The molecule has 128 valence electrons. The lowest BCUT2D eigenvalue weighted by atomic mass is 9.99. The van der Waals surface area contributed by atoms with E-state index in [9.17, 15) is 9.90 Å². The fraction of sp³-hybridized carbons (Fsp3) is 0.444. The van der Waals surface area contributed by atoms with E-state index in [4.69, 9.17) is 0 Å². The van der Waals surface area contributed by atoms with Crippen molar-refractivity contribution in [2.45, 2.75) is 38.3 Å². The van der Waals surface area contributed by atoms with Crippen molar-refractivity contribution in [2.75, 3.05) is 13.1 Å². The number of aliphatic hydroxyl groups excluding tert-OH is 1. The van der Waals surface area contributed by atoms with Crippen molar-refractivity contribution in [1.29, 1.82) is 0 Å². The lowest BCUT2D eigenvalue weighted by Gasteiger charge is -2.16. The lowest BCUT2D eigenvalue weighted by molar-refractivity contribution is -0.123. The van der Waals surface area contributed by atoms with E-state index in [0.29, 0.717) is 19.5 Å². The number of benzene rings is 1. The number of nitrogens with zero attached hydrogens (tertiary/aromatic N) is 1. The van der Waals surface area contributed by atoms with Gasteiger partial charge in [0.15, 0.2) is 0 Å². The van der Waals surface area contributed by atoms with Crippen LogP contribution in [0.1, 0.15) is 30.5 Å². The molecule has 0 radical (unpaired) electrons. The van der Waals surface area contributed by atoms with Crippen LogP contribution >= 0.6 is 11.3 Å². The SMILES string of the molecule is Cc1ncsc1-c1ccc([C@H](C)CNC(=O)C2CC(O)CN2)cc1. The second kappa shape index (κ2) is 7.42. The van der Waals surface area contributed by atoms with Gasteiger partial charge in [0, 0.05) is 13.1 Å². The van der Waals surface area contributed by atoms with Gasteiger partial charge in [0.2, 0.25) is 5.91 Å². The Balaban J connectivity index is 1.56. The average Bonchev–Trinajstić information content (AvgIpc) is 3.21. The van der Waals surface area contributed by atoms with E-state index in [0.717, 1.165) is 5.69 Å². The van der Waals surface area contributed by atoms with Gasteiger partial charge in [0.25, 0.3) is 0 Å². The molecule has 1 saturated heterocycles. The number of aryl methyl sites for hydroxylation is 1. The first-order valence-electron chi connectivity index (χ1n) is 8.24. The van der Waals surface area contributed by atoms with Gasteiger partial charge in [-0.3, -0.25) is 4.79 Å². The van der Waals surface area contributed by atoms with E-state index in [1.165, 1.54) is 16.0 Å². The molecule has 2 heterocycles. The van der Waals surface area contributed by atoms with Crippen LogP contribution in [-0.4, -0.2) is 41.2 Å². The molecule has 0 aliphatic carbocycles. The van der Waals surface area contributed by atoms with Crippen LogP contribution in [0, 0.1) is 6.92 Å². The molecule has 1 amide bonds. The summed E-state index contributed by atoms with van der Waals surface area (Å²) in [5, 5.41) is 15.5. The van der Waals surface area contributed by atoms with E-state index in [-0.39, 0.29) is 17.9 Å². The predicted molar refractivity (Wildman–Crippen MR) is 96.1 cm³/mol. The minimum Gasteiger partial charge on any atom is -0.392 e. The maximum atomic E-state index is 12.1. The van der Waals surface area contributed by atoms with Gasteiger partial charge in [0.1, 0.15) is 0 Å². The molecule has 5 nitrogen and oxygen atoms in total. The summed E-state index contributed by atoms with van der Waals surface area (Å²) in [5.41, 5.74) is 5.30. The highest BCUT2D eigenvalue weighted by atomic mass is 32.1. The largest absolute Gasteiger partial charge is 0.392 e. The Kier molecular flexibility index (Phi) is 5.28. The quantitative estimate of drug-likeness (QED) is 0.775. The number of hydrogen-bond donors (Lipinski definition) is 3. The molecule has 24 heavy (non-hydrogen) atoms. The standard InChI is InChI=1S/C18H23N3O2S/c1-11(8-20-18(23)16-7-15(22)9-19-16)13-3-5-14(6-4-13)17-12(2)21-10-24-17/h3-6,10-11,15-16,19,22H,7-9H2,1-2H3,(H,20,23)/t11-,15?,16?/m1/s1. The van der Waals surface area contributed by atoms with E-state index < -0.39 is 6.10 Å². The van der Waals surface area contributed by atoms with Crippen molar-refractivity contribution < 1.29 is 9.90 Å². The zero-order chi connectivity index (χ0) is 17.1. The second-order valence-electron chi connectivity index (χ2n) is 6.39. The normalized spacial score (nSPS) is 21.6. The molecule has 2 aromatic rings. The van der Waals surface area contributed by atoms with Gasteiger partial charge in [-0.25, -0.2) is 4.98 Å². The number of rotatable bonds is 5. The second-order valence-corrected chi connectivity index (χ2v) is 7.24. The molecular weight excluding hydrogens is 322 g/mol. The summed E-state index contributed by atoms with van der Waals surface area (Å²) < 4.78 is 0. The molecule has 1 aliphatic heterocycles. The molecule has 2 unspecified atom stereocenters. The highest BCUT2D eigenvalue weighted by molar-refractivity contribution is 7.13. The number of β-amino-alcohol motifs (C(OH)–C–C–N with tert-alkyl or cyclic N) is 1. The zero-order valence-electron chi connectivity index (χ0n) is 14.0. The van der Waals surface area contributed by atoms with Crippen molar-refractivity contribution in [3.63, 3.8) is 0 Å². The Morgan fingerprint density at radius 1 is 1.46 bits per heavy atom. The van der Waals surface area contributed by atoms with Gasteiger partial charge in [-0.1, -0.05) is 31.2 Å². The van der Waals surface area contributed by atoms with E-state index in [2.05, 4.69) is 46.8 Å². The topological polar surface area (TPSA) is 74.2 Å². The molecule has 1 aromatic heterocycles. The van der Waals surface area contributed by atoms with Crippen molar-refractivity contribution in [2.24, 2.45) is 0 Å². The third-order valence-corrected chi connectivity index (χ3v) is 5.47. The number of carbonyl (C=O) groups is 1. The molecule has 0 spiro atoms. The lowest BCUT2D eigenvalue weighted by Crippen LogP contribution is -2.41. The van der Waals surface area contributed by atoms with Gasteiger partial charge >= 0.3 is 0 Å². The maximum Gasteiger partial charge on any atom is 0.237 e. The highest BCUT2D eigenvalue weighted by Crippen LogP contribution is 2.28. The van der Waals surface area contributed by atoms with Crippen LogP contribution in [0.5, 0.6) is 0 Å². The fourth-order valence-electron chi connectivity index (χ4n) is 2.95. The summed E-state index contributed by atoms with van der Waals surface area (Å²) in [6, 6.07) is 8.18. The average molecular weight is 345 g/mol. The first kappa shape index (κ1) is 17.1. The molecule has 6 heteroatoms. The molecule has 0 saturated carbocycles. The number of nitrogens with one attached hydrogen (secondary N) is 2. The fourth-order valence-corrected chi connectivity index (χ4v) is 3.77. The monoisotopic (exact) mass is 345 g/mol. The number of aromatic nitrogens is 1. The molecule has 1 aromatic carbocycles. The zero-order valence-corrected chi connectivity index (χ0v) is 14.8. The van der Waals surface area contributed by atoms with Gasteiger partial charge < -0.3 is 15.7 Å². The molecule has 1 fully saturated rings. The molecule has 3 rings (SSSR count). The highest BCUT2D eigenvalue weighted by Gasteiger charge is 2.27. The summed E-state index contributed by atoms with van der Waals surface area (Å²) in [6.07, 6.45) is 0.0734. The van der Waals surface area contributed by atoms with Gasteiger partial charge in [-0.15, -0.1) is 11.3 Å². The Bertz CT molecular complexity index is 699. The van der Waals surface area contributed by atoms with Crippen LogP contribution in [0.4, 0.5) is 0 Å². The molecule has 0 bridgehead atoms. The Morgan fingerprint density at radius 2 is 2.21 bits per heavy atom. The minimum absolute atomic E-state index is 0.0321. The number of amides is 1. The van der Waals surface area contributed by atoms with Gasteiger partial charge in [-0.2, -0.15) is 0 Å². The van der Waals surface area contributed by atoms with Gasteiger partial charge in [-0.05, 0) is 30.4 Å². The van der Waals surface area contributed by atoms with Crippen LogP contribution in [0.15, 0.2) is 29.8 Å². The van der Waals surface area contributed by atoms with E-state index >= 15 is 0 Å².